The van der Waals surface area contributed by atoms with Crippen LogP contribution in [0.15, 0.2) is 60.9 Å². The number of alkyl carbamates (subject to hydrolysis) is 1. The first kappa shape index (κ1) is 38.1. The Labute approximate surface area is 322 Å². The monoisotopic (exact) mass is 750 g/mol. The number of carbonyl (C=O) groups excluding carboxylic acids is 2. The molecule has 5 atom stereocenters. The van der Waals surface area contributed by atoms with Crippen LogP contribution in [-0.4, -0.2) is 103 Å². The van der Waals surface area contributed by atoms with Gasteiger partial charge in [-0.05, 0) is 73.2 Å². The van der Waals surface area contributed by atoms with Crippen molar-refractivity contribution in [2.45, 2.75) is 102 Å². The first-order valence-corrected chi connectivity index (χ1v) is 19.8. The van der Waals surface area contributed by atoms with E-state index in [0.717, 1.165) is 103 Å². The fourth-order valence-corrected chi connectivity index (χ4v) is 8.79. The number of hydrogen-bond donors (Lipinski definition) is 4. The van der Waals surface area contributed by atoms with Crippen molar-refractivity contribution in [1.29, 1.82) is 0 Å². The fraction of sp³-hybridized carbons (Fsp3) is 0.500. The summed E-state index contributed by atoms with van der Waals surface area (Å²) in [6.07, 6.45) is 10.2. The second-order valence-corrected chi connectivity index (χ2v) is 15.6. The molecule has 0 bridgehead atoms. The topological polar surface area (TPSA) is 160 Å². The average molecular weight is 751 g/mol. The van der Waals surface area contributed by atoms with Gasteiger partial charge in [0.25, 0.3) is 0 Å². The van der Waals surface area contributed by atoms with Crippen LogP contribution in [0.3, 0.4) is 0 Å². The number of ether oxygens (including phenoxy) is 1. The number of piperazine rings is 1. The predicted molar refractivity (Wildman–Crippen MR) is 210 cm³/mol. The Hall–Kier alpha value is -5.17. The van der Waals surface area contributed by atoms with Crippen LogP contribution in [0, 0.1) is 5.92 Å². The molecule has 5 heterocycles. The minimum Gasteiger partial charge on any atom is -0.465 e. The second kappa shape index (κ2) is 16.7. The fourth-order valence-electron chi connectivity index (χ4n) is 8.79. The van der Waals surface area contributed by atoms with E-state index in [0.29, 0.717) is 18.5 Å². The van der Waals surface area contributed by atoms with E-state index in [1.54, 1.807) is 0 Å². The van der Waals surface area contributed by atoms with Crippen LogP contribution in [0.1, 0.15) is 95.9 Å². The summed E-state index contributed by atoms with van der Waals surface area (Å²) in [5.74, 6) is 1.86. The number of imidazole rings is 2. The maximum atomic E-state index is 12.9. The molecular formula is C42H54N8O5. The quantitative estimate of drug-likeness (QED) is 0.109. The van der Waals surface area contributed by atoms with Gasteiger partial charge in [-0.15, -0.1) is 0 Å². The summed E-state index contributed by atoms with van der Waals surface area (Å²) >= 11 is 0. The third kappa shape index (κ3) is 8.26. The molecule has 3 aliphatic heterocycles. The van der Waals surface area contributed by atoms with Gasteiger partial charge in [0.15, 0.2) is 0 Å². The van der Waals surface area contributed by atoms with E-state index in [1.807, 2.05) is 17.3 Å². The molecule has 4 N–H and O–H groups in total. The molecule has 3 saturated heterocycles. The number of aromatic nitrogens is 4. The van der Waals surface area contributed by atoms with Gasteiger partial charge >= 0.3 is 12.2 Å². The van der Waals surface area contributed by atoms with Crippen molar-refractivity contribution in [3.05, 3.63) is 72.6 Å². The molecule has 0 saturated carbocycles. The van der Waals surface area contributed by atoms with Crippen LogP contribution in [0.4, 0.5) is 9.59 Å². The molecule has 3 fully saturated rings. The molecule has 13 nitrogen and oxygen atoms in total. The number of H-pyrrole nitrogens is 2. The van der Waals surface area contributed by atoms with Gasteiger partial charge in [0, 0.05) is 18.6 Å². The number of amides is 3. The lowest BCUT2D eigenvalue weighted by Gasteiger charge is -2.38. The minimum absolute atomic E-state index is 0.0326. The summed E-state index contributed by atoms with van der Waals surface area (Å²) in [5.41, 5.74) is 6.16. The number of likely N-dealkylation sites (tertiary alicyclic amines) is 1. The molecule has 4 aromatic rings. The molecule has 3 aliphatic rings. The Morgan fingerprint density at radius 3 is 2.07 bits per heavy atom. The Bertz CT molecular complexity index is 1940. The van der Waals surface area contributed by atoms with Crippen molar-refractivity contribution < 1.29 is 24.2 Å². The van der Waals surface area contributed by atoms with Gasteiger partial charge < -0.3 is 30.0 Å². The van der Waals surface area contributed by atoms with E-state index in [-0.39, 0.29) is 42.7 Å². The van der Waals surface area contributed by atoms with E-state index in [1.165, 1.54) is 12.0 Å². The summed E-state index contributed by atoms with van der Waals surface area (Å²) in [6, 6.07) is 17.2. The number of aromatic amines is 2. The summed E-state index contributed by atoms with van der Waals surface area (Å²) in [7, 11) is 1.42. The highest BCUT2D eigenvalue weighted by Crippen LogP contribution is 2.39. The summed E-state index contributed by atoms with van der Waals surface area (Å²) < 4.78 is 4.94. The number of nitrogens with zero attached hydrogens (tertiary/aromatic N) is 5. The first-order chi connectivity index (χ1) is 26.6. The highest BCUT2D eigenvalue weighted by Gasteiger charge is 2.44. The Morgan fingerprint density at radius 1 is 0.909 bits per heavy atom. The van der Waals surface area contributed by atoms with Gasteiger partial charge in [-0.1, -0.05) is 82.1 Å². The van der Waals surface area contributed by atoms with Crippen LogP contribution in [0.2, 0.25) is 0 Å². The van der Waals surface area contributed by atoms with Crippen LogP contribution in [-0.2, 0) is 9.53 Å². The van der Waals surface area contributed by atoms with Crippen molar-refractivity contribution in [2.24, 2.45) is 5.92 Å². The first-order valence-electron chi connectivity index (χ1n) is 19.8. The SMILES string of the molecule is CCCCC(CC(NC(=O)OC)C(C)C)N1CCCC1c1ncc(-c2ccc(-c3ccc(-c4cnc(C5CCC6CN(C(=O)O)CC(=O)N65)[nH]4)cc3)cc2)[nH]1. The van der Waals surface area contributed by atoms with Crippen LogP contribution < -0.4 is 5.32 Å². The summed E-state index contributed by atoms with van der Waals surface area (Å²) in [6.45, 7) is 7.78. The highest BCUT2D eigenvalue weighted by molar-refractivity contribution is 5.84. The lowest BCUT2D eigenvalue weighted by molar-refractivity contribution is -0.139. The molecule has 55 heavy (non-hydrogen) atoms. The Balaban J connectivity index is 1.000. The second-order valence-electron chi connectivity index (χ2n) is 15.6. The maximum Gasteiger partial charge on any atom is 0.407 e. The Morgan fingerprint density at radius 2 is 1.51 bits per heavy atom. The smallest absolute Gasteiger partial charge is 0.407 e. The van der Waals surface area contributed by atoms with Crippen molar-refractivity contribution in [3.63, 3.8) is 0 Å². The van der Waals surface area contributed by atoms with Crippen molar-refractivity contribution in [2.75, 3.05) is 26.7 Å². The molecule has 5 unspecified atom stereocenters. The lowest BCUT2D eigenvalue weighted by atomic mass is 9.92. The lowest BCUT2D eigenvalue weighted by Crippen LogP contribution is -2.55. The van der Waals surface area contributed by atoms with Gasteiger partial charge in [0.1, 0.15) is 18.2 Å². The van der Waals surface area contributed by atoms with Gasteiger partial charge in [-0.3, -0.25) is 14.6 Å². The molecule has 292 valence electrons. The molecular weight excluding hydrogens is 697 g/mol. The van der Waals surface area contributed by atoms with E-state index >= 15 is 0 Å². The zero-order valence-electron chi connectivity index (χ0n) is 32.3. The zero-order chi connectivity index (χ0) is 38.6. The van der Waals surface area contributed by atoms with E-state index in [9.17, 15) is 19.5 Å². The number of methoxy groups -OCH3 is 1. The van der Waals surface area contributed by atoms with E-state index in [4.69, 9.17) is 9.72 Å². The molecule has 2 aromatic carbocycles. The number of rotatable bonds is 13. The average Bonchev–Trinajstić information content (AvgIpc) is 4.02. The molecule has 3 amide bonds. The molecule has 2 aromatic heterocycles. The molecule has 13 heteroatoms. The summed E-state index contributed by atoms with van der Waals surface area (Å²) in [4.78, 5) is 58.8. The number of carbonyl (C=O) groups is 3. The number of fused-ring (bicyclic) bond motifs is 1. The molecule has 0 radical (unpaired) electrons. The standard InChI is InChI=1S/C42H54N8O5/c1-5-6-8-31(21-33(26(2)3)47-41(52)55-4)49-20-7-9-36(49)39-43-22-34(45-39)29-14-10-27(11-15-29)28-12-16-30(17-13-28)35-23-44-40(46-35)37-19-18-32-24-48(42(53)54)25-38(51)50(32)37/h10-17,22-23,26,31-33,36-37H,5-9,18-21,24-25H2,1-4H3,(H,43,45)(H,44,46)(H,47,52)(H,53,54). The molecule has 7 rings (SSSR count). The van der Waals surface area contributed by atoms with Crippen molar-refractivity contribution in [3.8, 4) is 33.6 Å². The van der Waals surface area contributed by atoms with Gasteiger partial charge in [-0.25, -0.2) is 19.6 Å². The number of carboxylic acid groups (broad SMARTS) is 1. The van der Waals surface area contributed by atoms with Crippen LogP contribution in [0.25, 0.3) is 33.6 Å². The van der Waals surface area contributed by atoms with Crippen LogP contribution >= 0.6 is 0 Å². The van der Waals surface area contributed by atoms with E-state index in [2.05, 4.69) is 94.5 Å². The van der Waals surface area contributed by atoms with Gasteiger partial charge in [0.05, 0.1) is 49.0 Å². The summed E-state index contributed by atoms with van der Waals surface area (Å²) in [5, 5.41) is 12.5. The number of benzene rings is 2. The number of nitrogens with one attached hydrogen (secondary N) is 3. The minimum atomic E-state index is -1.05. The maximum absolute atomic E-state index is 12.9. The normalized spacial score (nSPS) is 21.2. The third-order valence-corrected chi connectivity index (χ3v) is 11.8. The van der Waals surface area contributed by atoms with Crippen molar-refractivity contribution >= 4 is 18.1 Å². The number of unbranched alkanes of at least 4 members (excludes halogenated alkanes) is 1. The van der Waals surface area contributed by atoms with Crippen molar-refractivity contribution in [1.82, 2.24) is 40.0 Å². The predicted octanol–water partition coefficient (Wildman–Crippen LogP) is 7.63. The highest BCUT2D eigenvalue weighted by atomic mass is 16.5. The zero-order valence-corrected chi connectivity index (χ0v) is 32.3. The largest absolute Gasteiger partial charge is 0.465 e. The molecule has 0 aliphatic carbocycles. The third-order valence-electron chi connectivity index (χ3n) is 11.8. The number of hydrogen-bond acceptors (Lipinski definition) is 7. The Kier molecular flexibility index (Phi) is 11.6. The van der Waals surface area contributed by atoms with Crippen LogP contribution in [0.5, 0.6) is 0 Å². The van der Waals surface area contributed by atoms with Gasteiger partial charge in [0.2, 0.25) is 5.91 Å². The molecule has 0 spiro atoms. The van der Waals surface area contributed by atoms with Gasteiger partial charge in [-0.2, -0.15) is 0 Å². The van der Waals surface area contributed by atoms with E-state index < -0.39 is 6.09 Å².